The molecule has 1 saturated carbocycles. The highest BCUT2D eigenvalue weighted by molar-refractivity contribution is 9.10. The van der Waals surface area contributed by atoms with E-state index < -0.39 is 11.5 Å². The number of carbonyl (C=O) groups is 1. The lowest BCUT2D eigenvalue weighted by Gasteiger charge is -2.27. The first-order chi connectivity index (χ1) is 8.55. The molecule has 1 aromatic carbocycles. The maximum Gasteiger partial charge on any atom is 0.329 e. The standard InChI is InChI=1S/C14H18BrNO2/c1-2-10-6-7-14(9-10,13(17)18)16-12-5-3-4-11(15)8-12/h3-5,8,10,16H,2,6-7,9H2,1H3,(H,17,18). The summed E-state index contributed by atoms with van der Waals surface area (Å²) in [6, 6.07) is 7.68. The second-order valence-electron chi connectivity index (χ2n) is 5.04. The topological polar surface area (TPSA) is 49.3 Å². The zero-order valence-corrected chi connectivity index (χ0v) is 12.0. The molecule has 1 aliphatic rings. The summed E-state index contributed by atoms with van der Waals surface area (Å²) in [5, 5.41) is 12.8. The number of hydrogen-bond donors (Lipinski definition) is 2. The smallest absolute Gasteiger partial charge is 0.329 e. The maximum atomic E-state index is 11.6. The summed E-state index contributed by atoms with van der Waals surface area (Å²) in [6.07, 6.45) is 3.46. The monoisotopic (exact) mass is 311 g/mol. The van der Waals surface area contributed by atoms with Crippen molar-refractivity contribution < 1.29 is 9.90 Å². The van der Waals surface area contributed by atoms with Crippen molar-refractivity contribution in [1.29, 1.82) is 0 Å². The van der Waals surface area contributed by atoms with Gasteiger partial charge in [0.2, 0.25) is 0 Å². The molecule has 0 saturated heterocycles. The van der Waals surface area contributed by atoms with Crippen molar-refractivity contribution in [1.82, 2.24) is 0 Å². The minimum absolute atomic E-state index is 0.515. The Labute approximate surface area is 116 Å². The molecule has 2 atom stereocenters. The van der Waals surface area contributed by atoms with Crippen LogP contribution >= 0.6 is 15.9 Å². The third-order valence-corrected chi connectivity index (χ3v) is 4.30. The number of anilines is 1. The molecule has 1 fully saturated rings. The fourth-order valence-electron chi connectivity index (χ4n) is 2.70. The zero-order chi connectivity index (χ0) is 13.2. The van der Waals surface area contributed by atoms with E-state index in [1.807, 2.05) is 24.3 Å². The summed E-state index contributed by atoms with van der Waals surface area (Å²) >= 11 is 3.40. The first-order valence-corrected chi connectivity index (χ1v) is 7.12. The van der Waals surface area contributed by atoms with E-state index in [1.54, 1.807) is 0 Å². The Morgan fingerprint density at radius 2 is 2.39 bits per heavy atom. The number of carboxylic acids is 1. The van der Waals surface area contributed by atoms with E-state index in [0.717, 1.165) is 23.0 Å². The molecule has 2 unspecified atom stereocenters. The summed E-state index contributed by atoms with van der Waals surface area (Å²) < 4.78 is 0.957. The third kappa shape index (κ3) is 2.69. The van der Waals surface area contributed by atoms with Crippen molar-refractivity contribution in [3.63, 3.8) is 0 Å². The predicted octanol–water partition coefficient (Wildman–Crippen LogP) is 3.89. The number of carboxylic acid groups (broad SMARTS) is 1. The van der Waals surface area contributed by atoms with Crippen molar-refractivity contribution in [2.45, 2.75) is 38.1 Å². The molecule has 0 aliphatic heterocycles. The highest BCUT2D eigenvalue weighted by atomic mass is 79.9. The zero-order valence-electron chi connectivity index (χ0n) is 10.4. The SMILES string of the molecule is CCC1CCC(Nc2cccc(Br)c2)(C(=O)O)C1. The van der Waals surface area contributed by atoms with Gasteiger partial charge in [-0.1, -0.05) is 35.3 Å². The van der Waals surface area contributed by atoms with E-state index in [0.29, 0.717) is 18.8 Å². The normalized spacial score (nSPS) is 27.1. The second kappa shape index (κ2) is 5.31. The minimum atomic E-state index is -0.790. The van der Waals surface area contributed by atoms with Crippen molar-refractivity contribution >= 4 is 27.6 Å². The Morgan fingerprint density at radius 3 is 2.94 bits per heavy atom. The van der Waals surface area contributed by atoms with Crippen molar-refractivity contribution in [2.24, 2.45) is 5.92 Å². The number of nitrogens with one attached hydrogen (secondary N) is 1. The summed E-state index contributed by atoms with van der Waals surface area (Å²) in [4.78, 5) is 11.6. The lowest BCUT2D eigenvalue weighted by molar-refractivity contribution is -0.142. The first-order valence-electron chi connectivity index (χ1n) is 6.33. The van der Waals surface area contributed by atoms with Crippen LogP contribution in [0.5, 0.6) is 0 Å². The summed E-state index contributed by atoms with van der Waals surface area (Å²) in [5.74, 6) is -0.223. The number of aliphatic carboxylic acids is 1. The van der Waals surface area contributed by atoms with Crippen molar-refractivity contribution in [3.8, 4) is 0 Å². The molecule has 0 radical (unpaired) electrons. The largest absolute Gasteiger partial charge is 0.480 e. The van der Waals surface area contributed by atoms with E-state index in [9.17, 15) is 9.90 Å². The van der Waals surface area contributed by atoms with Gasteiger partial charge in [-0.15, -0.1) is 0 Å². The fourth-order valence-corrected chi connectivity index (χ4v) is 3.10. The molecular weight excluding hydrogens is 294 g/mol. The van der Waals surface area contributed by atoms with E-state index in [4.69, 9.17) is 0 Å². The highest BCUT2D eigenvalue weighted by Crippen LogP contribution is 2.39. The van der Waals surface area contributed by atoms with Gasteiger partial charge in [0.05, 0.1) is 0 Å². The number of halogens is 1. The molecule has 1 aromatic rings. The van der Waals surface area contributed by atoms with Crippen molar-refractivity contribution in [3.05, 3.63) is 28.7 Å². The molecule has 0 amide bonds. The molecule has 4 heteroatoms. The van der Waals surface area contributed by atoms with Gasteiger partial charge >= 0.3 is 5.97 Å². The number of benzene rings is 1. The molecule has 0 spiro atoms. The molecule has 0 aromatic heterocycles. The van der Waals surface area contributed by atoms with Crippen LogP contribution in [0.25, 0.3) is 0 Å². The van der Waals surface area contributed by atoms with Gasteiger partial charge in [-0.3, -0.25) is 0 Å². The molecular formula is C14H18BrNO2. The van der Waals surface area contributed by atoms with Crippen LogP contribution in [-0.4, -0.2) is 16.6 Å². The highest BCUT2D eigenvalue weighted by Gasteiger charge is 2.44. The van der Waals surface area contributed by atoms with Crippen LogP contribution in [0.4, 0.5) is 5.69 Å². The molecule has 2 rings (SSSR count). The van der Waals surface area contributed by atoms with Gasteiger partial charge in [0.15, 0.2) is 0 Å². The van der Waals surface area contributed by atoms with Crippen LogP contribution < -0.4 is 5.32 Å². The third-order valence-electron chi connectivity index (χ3n) is 3.81. The Morgan fingerprint density at radius 1 is 1.61 bits per heavy atom. The average Bonchev–Trinajstić information content (AvgIpc) is 2.74. The molecule has 98 valence electrons. The van der Waals surface area contributed by atoms with E-state index in [-0.39, 0.29) is 0 Å². The van der Waals surface area contributed by atoms with Gasteiger partial charge in [-0.05, 0) is 43.4 Å². The van der Waals surface area contributed by atoms with Gasteiger partial charge in [-0.2, -0.15) is 0 Å². The fraction of sp³-hybridized carbons (Fsp3) is 0.500. The Balaban J connectivity index is 2.20. The Hall–Kier alpha value is -1.03. The Kier molecular flexibility index (Phi) is 3.95. The molecule has 2 N–H and O–H groups in total. The minimum Gasteiger partial charge on any atom is -0.480 e. The molecule has 0 heterocycles. The van der Waals surface area contributed by atoms with Crippen LogP contribution in [0.3, 0.4) is 0 Å². The predicted molar refractivity (Wildman–Crippen MR) is 75.8 cm³/mol. The van der Waals surface area contributed by atoms with Crippen LogP contribution in [0.15, 0.2) is 28.7 Å². The molecule has 0 bridgehead atoms. The number of rotatable bonds is 4. The van der Waals surface area contributed by atoms with Gasteiger partial charge in [-0.25, -0.2) is 4.79 Å². The van der Waals surface area contributed by atoms with E-state index in [1.165, 1.54) is 0 Å². The van der Waals surface area contributed by atoms with Crippen LogP contribution in [-0.2, 0) is 4.79 Å². The van der Waals surface area contributed by atoms with Gasteiger partial charge in [0.25, 0.3) is 0 Å². The Bertz CT molecular complexity index is 449. The van der Waals surface area contributed by atoms with Crippen molar-refractivity contribution in [2.75, 3.05) is 5.32 Å². The first kappa shape index (κ1) is 13.4. The average molecular weight is 312 g/mol. The van der Waals surface area contributed by atoms with E-state index in [2.05, 4.69) is 28.2 Å². The number of hydrogen-bond acceptors (Lipinski definition) is 2. The maximum absolute atomic E-state index is 11.6. The molecule has 18 heavy (non-hydrogen) atoms. The summed E-state index contributed by atoms with van der Waals surface area (Å²) in [6.45, 7) is 2.13. The van der Waals surface area contributed by atoms with Gasteiger partial charge in [0.1, 0.15) is 5.54 Å². The molecule has 1 aliphatic carbocycles. The van der Waals surface area contributed by atoms with Crippen LogP contribution in [0, 0.1) is 5.92 Å². The van der Waals surface area contributed by atoms with Crippen LogP contribution in [0.2, 0.25) is 0 Å². The van der Waals surface area contributed by atoms with Crippen LogP contribution in [0.1, 0.15) is 32.6 Å². The second-order valence-corrected chi connectivity index (χ2v) is 5.96. The molecule has 3 nitrogen and oxygen atoms in total. The summed E-state index contributed by atoms with van der Waals surface area (Å²) in [7, 11) is 0. The summed E-state index contributed by atoms with van der Waals surface area (Å²) in [5.41, 5.74) is 0.0742. The van der Waals surface area contributed by atoms with Gasteiger partial charge in [0, 0.05) is 10.2 Å². The van der Waals surface area contributed by atoms with Gasteiger partial charge < -0.3 is 10.4 Å². The quantitative estimate of drug-likeness (QED) is 0.886. The van der Waals surface area contributed by atoms with E-state index >= 15 is 0 Å². The lowest BCUT2D eigenvalue weighted by Crippen LogP contribution is -2.44. The lowest BCUT2D eigenvalue weighted by atomic mass is 9.94.